The van der Waals surface area contributed by atoms with E-state index < -0.39 is 0 Å². The van der Waals surface area contributed by atoms with E-state index in [1.54, 1.807) is 20.7 Å². The fraction of sp³-hybridized carbons (Fsp3) is 0.412. The average molecular weight is 350 g/mol. The summed E-state index contributed by atoms with van der Waals surface area (Å²) in [6, 6.07) is 4.32. The van der Waals surface area contributed by atoms with E-state index in [1.807, 2.05) is 11.8 Å². The molecule has 0 N–H and O–H groups in total. The molecule has 0 saturated carbocycles. The third-order valence-electron chi connectivity index (χ3n) is 4.42. The molecule has 2 nitrogen and oxygen atoms in total. The number of rotatable bonds is 1. The van der Waals surface area contributed by atoms with Crippen molar-refractivity contribution in [3.8, 4) is 11.1 Å². The lowest BCUT2D eigenvalue weighted by Crippen LogP contribution is -2.47. The highest BCUT2D eigenvalue weighted by Gasteiger charge is 2.42. The van der Waals surface area contributed by atoms with Crippen molar-refractivity contribution in [2.24, 2.45) is 0 Å². The van der Waals surface area contributed by atoms with Gasteiger partial charge in [0.2, 0.25) is 5.91 Å². The molecule has 2 aromatic rings. The van der Waals surface area contributed by atoms with Gasteiger partial charge in [0.1, 0.15) is 3.82 Å². The van der Waals surface area contributed by atoms with E-state index in [0.717, 1.165) is 20.6 Å². The predicted octanol–water partition coefficient (Wildman–Crippen LogP) is 5.81. The van der Waals surface area contributed by atoms with Gasteiger partial charge in [0, 0.05) is 17.5 Å². The van der Waals surface area contributed by atoms with Gasteiger partial charge >= 0.3 is 0 Å². The molecule has 0 unspecified atom stereocenters. The molecule has 0 atom stereocenters. The van der Waals surface area contributed by atoms with Crippen LogP contribution >= 0.6 is 32.9 Å². The number of benzene rings is 1. The molecule has 1 amide bonds. The summed E-state index contributed by atoms with van der Waals surface area (Å²) in [5.74, 6) is 0.157. The molecule has 0 radical (unpaired) electrons. The number of anilines is 1. The normalized spacial score (nSPS) is 15.4. The van der Waals surface area contributed by atoms with Crippen LogP contribution in [0.3, 0.4) is 0 Å². The predicted molar refractivity (Wildman–Crippen MR) is 98.7 cm³/mol. The van der Waals surface area contributed by atoms with Gasteiger partial charge in [-0.25, -0.2) is 0 Å². The lowest BCUT2D eigenvalue weighted by atomic mass is 9.85. The van der Waals surface area contributed by atoms with E-state index in [2.05, 4.69) is 39.8 Å². The second-order valence-electron chi connectivity index (χ2n) is 6.25. The summed E-state index contributed by atoms with van der Waals surface area (Å²) in [4.78, 5) is 15.8. The molecule has 1 aromatic heterocycles. The molecular weight excluding hydrogens is 330 g/mol. The summed E-state index contributed by atoms with van der Waals surface area (Å²) < 4.78 is 0.932. The van der Waals surface area contributed by atoms with Crippen molar-refractivity contribution in [3.05, 3.63) is 32.0 Å². The first-order valence-corrected chi connectivity index (χ1v) is 9.93. The Labute approximate surface area is 143 Å². The van der Waals surface area contributed by atoms with Gasteiger partial charge in [-0.3, -0.25) is 4.79 Å². The van der Waals surface area contributed by atoms with Gasteiger partial charge < -0.3 is 4.90 Å². The number of hydrogen-bond acceptors (Lipinski definition) is 4. The van der Waals surface area contributed by atoms with E-state index in [0.29, 0.717) is 6.42 Å². The Morgan fingerprint density at radius 2 is 1.86 bits per heavy atom. The van der Waals surface area contributed by atoms with Crippen molar-refractivity contribution >= 4 is 44.5 Å². The lowest BCUT2D eigenvalue weighted by molar-refractivity contribution is -0.119. The van der Waals surface area contributed by atoms with Crippen LogP contribution in [0.1, 0.15) is 43.2 Å². The number of carbonyl (C=O) groups excluding carboxylic acids is 1. The first kappa shape index (κ1) is 15.8. The molecule has 1 aliphatic heterocycles. The summed E-state index contributed by atoms with van der Waals surface area (Å²) in [7, 11) is 3.34. The fourth-order valence-electron chi connectivity index (χ4n) is 3.09. The second-order valence-corrected chi connectivity index (χ2v) is 9.07. The van der Waals surface area contributed by atoms with Crippen molar-refractivity contribution in [2.45, 2.75) is 46.6 Å². The van der Waals surface area contributed by atoms with Gasteiger partial charge in [-0.1, -0.05) is 39.8 Å². The van der Waals surface area contributed by atoms with Crippen LogP contribution in [-0.4, -0.2) is 5.91 Å². The zero-order chi connectivity index (χ0) is 16.2. The molecule has 0 fully saturated rings. The molecule has 116 valence electrons. The maximum Gasteiger partial charge on any atom is 0.227 e. The number of fused-ring (bicyclic) bond motifs is 3. The largest absolute Gasteiger partial charge is 0.301 e. The van der Waals surface area contributed by atoms with Crippen molar-refractivity contribution < 1.29 is 4.79 Å². The molecule has 2 heterocycles. The van der Waals surface area contributed by atoms with Crippen LogP contribution in [0, 0.1) is 17.7 Å². The smallest absolute Gasteiger partial charge is 0.227 e. The first-order chi connectivity index (χ1) is 10.3. The molecule has 5 heteroatoms. The standard InChI is InChI=1S/C17H19NOS3/c1-6-13(19)18-12-8-10(3)9(2)7-11(12)14-15(17(18,4)5)21-22-16(14)20/h7-8H,6H2,1-5H3. The molecule has 0 aliphatic carbocycles. The average Bonchev–Trinajstić information content (AvgIpc) is 2.84. The minimum Gasteiger partial charge on any atom is -0.301 e. The van der Waals surface area contributed by atoms with Crippen LogP contribution < -0.4 is 4.90 Å². The van der Waals surface area contributed by atoms with Gasteiger partial charge in [0.15, 0.2) is 0 Å². The number of nitrogens with zero attached hydrogens (tertiary/aromatic N) is 1. The zero-order valence-electron chi connectivity index (χ0n) is 13.4. The SMILES string of the molecule is CCC(=O)N1c2cc(C)c(C)cc2-c2c(ssc2=S)C1(C)C. The Morgan fingerprint density at radius 1 is 1.23 bits per heavy atom. The van der Waals surface area contributed by atoms with Gasteiger partial charge in [-0.15, -0.1) is 0 Å². The highest BCUT2D eigenvalue weighted by molar-refractivity contribution is 7.80. The fourth-order valence-corrected chi connectivity index (χ4v) is 6.37. The van der Waals surface area contributed by atoms with E-state index in [4.69, 9.17) is 12.2 Å². The zero-order valence-corrected chi connectivity index (χ0v) is 15.9. The minimum absolute atomic E-state index is 0.157. The van der Waals surface area contributed by atoms with Crippen molar-refractivity contribution in [3.63, 3.8) is 0 Å². The molecule has 22 heavy (non-hydrogen) atoms. The Kier molecular flexibility index (Phi) is 3.78. The third-order valence-corrected chi connectivity index (χ3v) is 7.75. The van der Waals surface area contributed by atoms with Crippen LogP contribution in [0.15, 0.2) is 12.1 Å². The number of hydrogen-bond donors (Lipinski definition) is 0. The molecule has 0 spiro atoms. The molecule has 3 rings (SSSR count). The summed E-state index contributed by atoms with van der Waals surface area (Å²) >= 11 is 5.59. The summed E-state index contributed by atoms with van der Waals surface area (Å²) in [5, 5.41) is 0. The van der Waals surface area contributed by atoms with Crippen molar-refractivity contribution in [1.29, 1.82) is 0 Å². The maximum absolute atomic E-state index is 12.7. The monoisotopic (exact) mass is 349 g/mol. The number of carbonyl (C=O) groups is 1. The molecule has 1 aliphatic rings. The summed E-state index contributed by atoms with van der Waals surface area (Å²) in [6.07, 6.45) is 0.501. The summed E-state index contributed by atoms with van der Waals surface area (Å²) in [5.41, 5.74) is 5.37. The second kappa shape index (κ2) is 5.25. The molecule has 0 saturated heterocycles. The van der Waals surface area contributed by atoms with Crippen LogP contribution in [0.5, 0.6) is 0 Å². The molecule has 1 aromatic carbocycles. The van der Waals surface area contributed by atoms with E-state index in [-0.39, 0.29) is 11.4 Å². The maximum atomic E-state index is 12.7. The Bertz CT molecular complexity index is 829. The highest BCUT2D eigenvalue weighted by Crippen LogP contribution is 2.52. The van der Waals surface area contributed by atoms with Crippen molar-refractivity contribution in [2.75, 3.05) is 4.90 Å². The van der Waals surface area contributed by atoms with Crippen LogP contribution in [-0.2, 0) is 10.3 Å². The molecule has 0 bridgehead atoms. The number of amides is 1. The first-order valence-electron chi connectivity index (χ1n) is 7.37. The van der Waals surface area contributed by atoms with Gasteiger partial charge in [-0.2, -0.15) is 0 Å². The van der Waals surface area contributed by atoms with Gasteiger partial charge in [-0.05, 0) is 51.0 Å². The van der Waals surface area contributed by atoms with E-state index in [9.17, 15) is 4.79 Å². The van der Waals surface area contributed by atoms with Crippen LogP contribution in [0.4, 0.5) is 5.69 Å². The van der Waals surface area contributed by atoms with Gasteiger partial charge in [0.05, 0.1) is 16.1 Å². The quantitative estimate of drug-likeness (QED) is 0.478. The Morgan fingerprint density at radius 3 is 2.50 bits per heavy atom. The Balaban J connectivity index is 2.42. The highest BCUT2D eigenvalue weighted by atomic mass is 32.9. The van der Waals surface area contributed by atoms with E-state index in [1.165, 1.54) is 16.0 Å². The van der Waals surface area contributed by atoms with Crippen LogP contribution in [0.2, 0.25) is 0 Å². The summed E-state index contributed by atoms with van der Waals surface area (Å²) in [6.45, 7) is 10.4. The van der Waals surface area contributed by atoms with E-state index >= 15 is 0 Å². The van der Waals surface area contributed by atoms with Crippen LogP contribution in [0.25, 0.3) is 11.1 Å². The lowest BCUT2D eigenvalue weighted by Gasteiger charge is -2.43. The van der Waals surface area contributed by atoms with Gasteiger partial charge in [0.25, 0.3) is 0 Å². The minimum atomic E-state index is -0.352. The van der Waals surface area contributed by atoms with Crippen molar-refractivity contribution in [1.82, 2.24) is 0 Å². The topological polar surface area (TPSA) is 20.3 Å². The third kappa shape index (κ3) is 2.10. The number of aryl methyl sites for hydroxylation is 2. The molecular formula is C17H19NOS3. The Hall–Kier alpha value is -1.04.